The molecule has 1 spiro atoms. The number of pyridine rings is 1. The van der Waals surface area contributed by atoms with Crippen LogP contribution < -0.4 is 0 Å². The van der Waals surface area contributed by atoms with Crippen LogP contribution >= 0.6 is 0 Å². The number of likely N-dealkylation sites (tertiary alicyclic amines) is 1. The monoisotopic (exact) mass is 374 g/mol. The molecule has 4 rings (SSSR count). The third-order valence-corrected chi connectivity index (χ3v) is 6.12. The summed E-state index contributed by atoms with van der Waals surface area (Å²) >= 11 is 0. The van der Waals surface area contributed by atoms with E-state index in [1.807, 2.05) is 17.0 Å². The largest absolute Gasteiger partial charge is 0.381 e. The Hall–Kier alpha value is -1.50. The first-order valence-corrected chi connectivity index (χ1v) is 10.2. The molecule has 0 bridgehead atoms. The molecule has 0 unspecified atom stereocenters. The van der Waals surface area contributed by atoms with Gasteiger partial charge in [0.2, 0.25) is 5.91 Å². The minimum absolute atomic E-state index is 0.102. The van der Waals surface area contributed by atoms with Crippen molar-refractivity contribution in [3.8, 4) is 0 Å². The summed E-state index contributed by atoms with van der Waals surface area (Å²) in [5, 5.41) is 0. The minimum atomic E-state index is -0.102. The Morgan fingerprint density at radius 2 is 1.96 bits per heavy atom. The van der Waals surface area contributed by atoms with Crippen LogP contribution in [0, 0.1) is 11.8 Å². The highest BCUT2D eigenvalue weighted by molar-refractivity contribution is 5.80. The zero-order valence-corrected chi connectivity index (χ0v) is 16.0. The Morgan fingerprint density at radius 1 is 1.19 bits per heavy atom. The van der Waals surface area contributed by atoms with Gasteiger partial charge in [0.1, 0.15) is 5.60 Å². The summed E-state index contributed by atoms with van der Waals surface area (Å²) in [6, 6.07) is 3.98. The smallest absolute Gasteiger partial charge is 0.226 e. The fourth-order valence-electron chi connectivity index (χ4n) is 4.52. The lowest BCUT2D eigenvalue weighted by Gasteiger charge is -2.54. The Kier molecular flexibility index (Phi) is 6.05. The average Bonchev–Trinajstić information content (AvgIpc) is 2.70. The van der Waals surface area contributed by atoms with E-state index in [9.17, 15) is 4.79 Å². The van der Waals surface area contributed by atoms with Gasteiger partial charge >= 0.3 is 0 Å². The van der Waals surface area contributed by atoms with Crippen molar-refractivity contribution in [1.82, 2.24) is 9.88 Å². The normalized spacial score (nSPS) is 25.3. The van der Waals surface area contributed by atoms with Crippen LogP contribution in [-0.4, -0.2) is 60.9 Å². The molecule has 0 radical (unpaired) electrons. The van der Waals surface area contributed by atoms with Gasteiger partial charge in [0.15, 0.2) is 0 Å². The molecule has 0 aromatic carbocycles. The van der Waals surface area contributed by atoms with E-state index in [2.05, 4.69) is 4.98 Å². The molecule has 3 aliphatic heterocycles. The van der Waals surface area contributed by atoms with Crippen molar-refractivity contribution in [3.05, 3.63) is 30.1 Å². The van der Waals surface area contributed by atoms with Crippen molar-refractivity contribution in [2.45, 2.75) is 44.3 Å². The van der Waals surface area contributed by atoms with E-state index < -0.39 is 0 Å². The van der Waals surface area contributed by atoms with Crippen molar-refractivity contribution in [3.63, 3.8) is 0 Å². The highest BCUT2D eigenvalue weighted by Gasteiger charge is 2.50. The fourth-order valence-corrected chi connectivity index (χ4v) is 4.52. The SMILES string of the molecule is O=C(C1CCOCC1)N1CC2(C[C@@H](CCOCc3ccncc3)CCO2)C1. The lowest BCUT2D eigenvalue weighted by Crippen LogP contribution is -2.67. The van der Waals surface area contributed by atoms with Gasteiger partial charge in [-0.25, -0.2) is 0 Å². The number of rotatable bonds is 6. The van der Waals surface area contributed by atoms with E-state index >= 15 is 0 Å². The predicted octanol–water partition coefficient (Wildman–Crippen LogP) is 2.42. The van der Waals surface area contributed by atoms with Gasteiger partial charge in [-0.2, -0.15) is 0 Å². The Labute approximate surface area is 161 Å². The van der Waals surface area contributed by atoms with Crippen LogP contribution in [0.5, 0.6) is 0 Å². The van der Waals surface area contributed by atoms with Crippen molar-refractivity contribution in [1.29, 1.82) is 0 Å². The van der Waals surface area contributed by atoms with Gasteiger partial charge in [0.05, 0.1) is 19.7 Å². The predicted molar refractivity (Wildman–Crippen MR) is 100 cm³/mol. The molecule has 0 N–H and O–H groups in total. The maximum Gasteiger partial charge on any atom is 0.226 e. The minimum Gasteiger partial charge on any atom is -0.381 e. The van der Waals surface area contributed by atoms with E-state index in [4.69, 9.17) is 14.2 Å². The molecule has 3 aliphatic rings. The summed E-state index contributed by atoms with van der Waals surface area (Å²) in [7, 11) is 0. The molecule has 0 saturated carbocycles. The molecule has 3 saturated heterocycles. The number of hydrogen-bond donors (Lipinski definition) is 0. The number of hydrogen-bond acceptors (Lipinski definition) is 5. The van der Waals surface area contributed by atoms with E-state index in [-0.39, 0.29) is 11.5 Å². The lowest BCUT2D eigenvalue weighted by atomic mass is 9.78. The summed E-state index contributed by atoms with van der Waals surface area (Å²) < 4.78 is 17.3. The quantitative estimate of drug-likeness (QED) is 0.716. The molecule has 27 heavy (non-hydrogen) atoms. The van der Waals surface area contributed by atoms with Crippen LogP contribution in [0.4, 0.5) is 0 Å². The van der Waals surface area contributed by atoms with Gasteiger partial charge in [-0.1, -0.05) is 0 Å². The molecule has 1 atom stereocenters. The first-order chi connectivity index (χ1) is 13.2. The summed E-state index contributed by atoms with van der Waals surface area (Å²) in [5.41, 5.74) is 1.06. The number of carbonyl (C=O) groups is 1. The van der Waals surface area contributed by atoms with E-state index in [0.717, 1.165) is 64.0 Å². The molecule has 6 nitrogen and oxygen atoms in total. The zero-order valence-electron chi connectivity index (χ0n) is 16.0. The molecule has 6 heteroatoms. The summed E-state index contributed by atoms with van der Waals surface area (Å²) in [4.78, 5) is 18.6. The molecule has 1 aromatic rings. The number of carbonyl (C=O) groups excluding carboxylic acids is 1. The van der Waals surface area contributed by atoms with Gasteiger partial charge in [-0.3, -0.25) is 9.78 Å². The van der Waals surface area contributed by atoms with Crippen molar-refractivity contribution in [2.75, 3.05) is 39.5 Å². The van der Waals surface area contributed by atoms with E-state index in [1.54, 1.807) is 12.4 Å². The third-order valence-electron chi connectivity index (χ3n) is 6.12. The highest BCUT2D eigenvalue weighted by atomic mass is 16.5. The van der Waals surface area contributed by atoms with Crippen LogP contribution in [-0.2, 0) is 25.6 Å². The molecule has 1 aromatic heterocycles. The maximum absolute atomic E-state index is 12.6. The molecular weight excluding hydrogens is 344 g/mol. The second-order valence-corrected chi connectivity index (χ2v) is 8.17. The molecule has 1 amide bonds. The topological polar surface area (TPSA) is 60.9 Å². The second kappa shape index (κ2) is 8.67. The Morgan fingerprint density at radius 3 is 2.74 bits per heavy atom. The van der Waals surface area contributed by atoms with E-state index in [1.165, 1.54) is 0 Å². The third kappa shape index (κ3) is 4.68. The van der Waals surface area contributed by atoms with E-state index in [0.29, 0.717) is 31.6 Å². The van der Waals surface area contributed by atoms with Crippen molar-refractivity contribution in [2.24, 2.45) is 11.8 Å². The van der Waals surface area contributed by atoms with Crippen LogP contribution in [0.3, 0.4) is 0 Å². The molecule has 4 heterocycles. The molecule has 0 aliphatic carbocycles. The zero-order chi connectivity index (χ0) is 18.5. The van der Waals surface area contributed by atoms with Crippen LogP contribution in [0.15, 0.2) is 24.5 Å². The lowest BCUT2D eigenvalue weighted by molar-refractivity contribution is -0.193. The summed E-state index contributed by atoms with van der Waals surface area (Å²) in [5.74, 6) is 1.07. The second-order valence-electron chi connectivity index (χ2n) is 8.17. The highest BCUT2D eigenvalue weighted by Crippen LogP contribution is 2.39. The van der Waals surface area contributed by atoms with Crippen molar-refractivity contribution >= 4 is 5.91 Å². The van der Waals surface area contributed by atoms with Gasteiger partial charge in [0.25, 0.3) is 0 Å². The van der Waals surface area contributed by atoms with Gasteiger partial charge in [-0.05, 0) is 55.7 Å². The van der Waals surface area contributed by atoms with Crippen molar-refractivity contribution < 1.29 is 19.0 Å². The Balaban J connectivity index is 1.18. The maximum atomic E-state index is 12.6. The Bertz CT molecular complexity index is 612. The average molecular weight is 374 g/mol. The van der Waals surface area contributed by atoms with Gasteiger partial charge in [-0.15, -0.1) is 0 Å². The number of aromatic nitrogens is 1. The van der Waals surface area contributed by atoms with Crippen LogP contribution in [0.2, 0.25) is 0 Å². The van der Waals surface area contributed by atoms with Gasteiger partial charge in [0, 0.05) is 44.7 Å². The van der Waals surface area contributed by atoms with Gasteiger partial charge < -0.3 is 19.1 Å². The molecular formula is C21H30N2O4. The van der Waals surface area contributed by atoms with Crippen LogP contribution in [0.1, 0.15) is 37.7 Å². The summed E-state index contributed by atoms with van der Waals surface area (Å²) in [6.45, 7) is 5.17. The number of amides is 1. The number of ether oxygens (including phenoxy) is 3. The standard InChI is InChI=1S/C21H30N2O4/c24-20(19-5-10-25-11-6-19)23-15-21(16-23)13-17(4-12-27-21)3-9-26-14-18-1-7-22-8-2-18/h1-2,7-8,17,19H,3-6,9-16H2/t17-/m0/s1. The number of nitrogens with zero attached hydrogens (tertiary/aromatic N) is 2. The first kappa shape index (κ1) is 18.8. The summed E-state index contributed by atoms with van der Waals surface area (Å²) in [6.07, 6.45) is 8.51. The molecule has 3 fully saturated rings. The molecule has 148 valence electrons. The van der Waals surface area contributed by atoms with Crippen LogP contribution in [0.25, 0.3) is 0 Å². The first-order valence-electron chi connectivity index (χ1n) is 10.2. The fraction of sp³-hybridized carbons (Fsp3) is 0.714.